The summed E-state index contributed by atoms with van der Waals surface area (Å²) in [7, 11) is 1.86. The molecule has 1 aromatic rings. The molecular weight excluding hydrogens is 250 g/mol. The average molecular weight is 269 g/mol. The number of carbonyl (C=O) groups is 1. The maximum Gasteiger partial charge on any atom is 0.237 e. The molecule has 1 amide bonds. The van der Waals surface area contributed by atoms with Crippen LogP contribution in [0.15, 0.2) is 11.5 Å². The van der Waals surface area contributed by atoms with Crippen molar-refractivity contribution >= 4 is 17.7 Å². The Kier molecular flexibility index (Phi) is 3.91. The first kappa shape index (κ1) is 13.4. The molecule has 2 rings (SSSR count). The van der Waals surface area contributed by atoms with Crippen LogP contribution in [-0.2, 0) is 11.8 Å². The van der Waals surface area contributed by atoms with Crippen molar-refractivity contribution in [3.63, 3.8) is 0 Å². The fourth-order valence-electron chi connectivity index (χ4n) is 2.54. The molecule has 7 heteroatoms. The summed E-state index contributed by atoms with van der Waals surface area (Å²) in [5.74, 6) is 0.702. The zero-order valence-corrected chi connectivity index (χ0v) is 11.3. The van der Waals surface area contributed by atoms with Gasteiger partial charge in [0.05, 0.1) is 5.54 Å². The van der Waals surface area contributed by atoms with Crippen molar-refractivity contribution in [3.8, 4) is 0 Å². The number of hydrogen-bond donors (Lipinski definition) is 2. The van der Waals surface area contributed by atoms with Gasteiger partial charge in [0, 0.05) is 12.8 Å². The van der Waals surface area contributed by atoms with E-state index in [0.717, 1.165) is 30.2 Å². The predicted molar refractivity (Wildman–Crippen MR) is 69.8 cm³/mol. The highest BCUT2D eigenvalue weighted by molar-refractivity contribution is 7.99. The van der Waals surface area contributed by atoms with E-state index < -0.39 is 5.54 Å². The molecule has 0 saturated heterocycles. The van der Waals surface area contributed by atoms with Crippen molar-refractivity contribution in [2.45, 2.75) is 36.4 Å². The highest BCUT2D eigenvalue weighted by atomic mass is 32.2. The molecule has 2 atom stereocenters. The van der Waals surface area contributed by atoms with Crippen LogP contribution in [0.3, 0.4) is 0 Å². The van der Waals surface area contributed by atoms with E-state index in [9.17, 15) is 4.79 Å². The molecule has 18 heavy (non-hydrogen) atoms. The lowest BCUT2D eigenvalue weighted by Crippen LogP contribution is -2.54. The summed E-state index contributed by atoms with van der Waals surface area (Å²) in [6, 6.07) is 0. The Hall–Kier alpha value is -1.08. The molecule has 100 valence electrons. The molecule has 4 N–H and O–H groups in total. The monoisotopic (exact) mass is 269 g/mol. The SMILES string of the molecule is Cn1ncnc1SCCC1CCCC1(N)C(N)=O. The summed E-state index contributed by atoms with van der Waals surface area (Å²) in [6.45, 7) is 0. The second kappa shape index (κ2) is 5.27. The van der Waals surface area contributed by atoms with Gasteiger partial charge < -0.3 is 11.5 Å². The number of hydrogen-bond acceptors (Lipinski definition) is 5. The molecule has 6 nitrogen and oxygen atoms in total. The highest BCUT2D eigenvalue weighted by Gasteiger charge is 2.43. The molecule has 1 heterocycles. The van der Waals surface area contributed by atoms with Crippen molar-refractivity contribution in [2.24, 2.45) is 24.4 Å². The predicted octanol–water partition coefficient (Wildman–Crippen LogP) is 0.280. The van der Waals surface area contributed by atoms with Crippen LogP contribution in [-0.4, -0.2) is 32.0 Å². The Morgan fingerprint density at radius 3 is 3.11 bits per heavy atom. The molecule has 1 saturated carbocycles. The van der Waals surface area contributed by atoms with Crippen LogP contribution >= 0.6 is 11.8 Å². The third-order valence-electron chi connectivity index (χ3n) is 3.70. The van der Waals surface area contributed by atoms with Crippen molar-refractivity contribution in [1.29, 1.82) is 0 Å². The maximum atomic E-state index is 11.4. The maximum absolute atomic E-state index is 11.4. The van der Waals surface area contributed by atoms with Crippen molar-refractivity contribution in [1.82, 2.24) is 14.8 Å². The Morgan fingerprint density at radius 1 is 1.72 bits per heavy atom. The average Bonchev–Trinajstić information content (AvgIpc) is 2.88. The lowest BCUT2D eigenvalue weighted by Gasteiger charge is -2.27. The van der Waals surface area contributed by atoms with Gasteiger partial charge >= 0.3 is 0 Å². The van der Waals surface area contributed by atoms with Crippen molar-refractivity contribution in [2.75, 3.05) is 5.75 Å². The second-order valence-electron chi connectivity index (χ2n) is 4.80. The third-order valence-corrected chi connectivity index (χ3v) is 4.77. The molecule has 1 aliphatic rings. The number of aryl methyl sites for hydroxylation is 1. The Morgan fingerprint density at radius 2 is 2.50 bits per heavy atom. The highest BCUT2D eigenvalue weighted by Crippen LogP contribution is 2.37. The minimum Gasteiger partial charge on any atom is -0.368 e. The molecular formula is C11H19N5OS. The van der Waals surface area contributed by atoms with Gasteiger partial charge in [-0.05, 0) is 25.2 Å². The van der Waals surface area contributed by atoms with Gasteiger partial charge in [0.25, 0.3) is 0 Å². The van der Waals surface area contributed by atoms with Crippen LogP contribution in [0.1, 0.15) is 25.7 Å². The van der Waals surface area contributed by atoms with Crippen molar-refractivity contribution < 1.29 is 4.79 Å². The first-order valence-electron chi connectivity index (χ1n) is 6.09. The molecule has 0 bridgehead atoms. The number of nitrogens with zero attached hydrogens (tertiary/aromatic N) is 3. The van der Waals surface area contributed by atoms with Crippen molar-refractivity contribution in [3.05, 3.63) is 6.33 Å². The van der Waals surface area contributed by atoms with E-state index in [1.165, 1.54) is 6.33 Å². The topological polar surface area (TPSA) is 99.8 Å². The summed E-state index contributed by atoms with van der Waals surface area (Å²) in [6.07, 6.45) is 5.10. The summed E-state index contributed by atoms with van der Waals surface area (Å²) in [4.78, 5) is 15.6. The molecule has 1 aliphatic carbocycles. The van der Waals surface area contributed by atoms with Gasteiger partial charge in [-0.2, -0.15) is 5.10 Å². The number of amides is 1. The van der Waals surface area contributed by atoms with E-state index in [1.54, 1.807) is 16.4 Å². The number of primary amides is 1. The van der Waals surface area contributed by atoms with Gasteiger partial charge in [-0.3, -0.25) is 4.79 Å². The lowest BCUT2D eigenvalue weighted by atomic mass is 9.85. The number of thioether (sulfide) groups is 1. The second-order valence-corrected chi connectivity index (χ2v) is 5.86. The molecule has 0 spiro atoms. The minimum absolute atomic E-state index is 0.190. The standard InChI is InChI=1S/C11H19N5OS/c1-16-10(14-7-15-16)18-6-4-8-3-2-5-11(8,13)9(12)17/h7-8H,2-6,13H2,1H3,(H2,12,17). The molecule has 2 unspecified atom stereocenters. The Bertz CT molecular complexity index is 435. The quantitative estimate of drug-likeness (QED) is 0.748. The van der Waals surface area contributed by atoms with E-state index in [-0.39, 0.29) is 11.8 Å². The first-order chi connectivity index (χ1) is 8.54. The molecule has 1 fully saturated rings. The van der Waals surface area contributed by atoms with Gasteiger partial charge in [-0.1, -0.05) is 18.2 Å². The number of nitrogens with two attached hydrogens (primary N) is 2. The van der Waals surface area contributed by atoms with Gasteiger partial charge in [-0.25, -0.2) is 9.67 Å². The summed E-state index contributed by atoms with van der Waals surface area (Å²) in [5.41, 5.74) is 10.7. The normalized spacial score (nSPS) is 27.6. The van der Waals surface area contributed by atoms with E-state index in [1.807, 2.05) is 7.05 Å². The van der Waals surface area contributed by atoms with Gasteiger partial charge in [-0.15, -0.1) is 0 Å². The third kappa shape index (κ3) is 2.51. The van der Waals surface area contributed by atoms with Crippen LogP contribution in [0.25, 0.3) is 0 Å². The smallest absolute Gasteiger partial charge is 0.237 e. The Balaban J connectivity index is 1.87. The number of aromatic nitrogens is 3. The van der Waals surface area contributed by atoms with E-state index in [2.05, 4.69) is 10.1 Å². The van der Waals surface area contributed by atoms with Crippen LogP contribution < -0.4 is 11.5 Å². The zero-order chi connectivity index (χ0) is 13.2. The van der Waals surface area contributed by atoms with Crippen LogP contribution in [0.4, 0.5) is 0 Å². The van der Waals surface area contributed by atoms with Gasteiger partial charge in [0.2, 0.25) is 5.91 Å². The van der Waals surface area contributed by atoms with Crippen LogP contribution in [0.5, 0.6) is 0 Å². The Labute approximate surface area is 111 Å². The van der Waals surface area contributed by atoms with Crippen LogP contribution in [0.2, 0.25) is 0 Å². The fourth-order valence-corrected chi connectivity index (χ4v) is 3.48. The van der Waals surface area contributed by atoms with E-state index >= 15 is 0 Å². The zero-order valence-electron chi connectivity index (χ0n) is 10.5. The van der Waals surface area contributed by atoms with Crippen LogP contribution in [0, 0.1) is 5.92 Å². The summed E-state index contributed by atoms with van der Waals surface area (Å²) < 4.78 is 1.74. The molecule has 0 aliphatic heterocycles. The molecule has 0 radical (unpaired) electrons. The number of rotatable bonds is 5. The van der Waals surface area contributed by atoms with E-state index in [4.69, 9.17) is 11.5 Å². The van der Waals surface area contributed by atoms with Gasteiger partial charge in [0.15, 0.2) is 5.16 Å². The van der Waals surface area contributed by atoms with Gasteiger partial charge in [0.1, 0.15) is 6.33 Å². The first-order valence-corrected chi connectivity index (χ1v) is 7.08. The van der Waals surface area contributed by atoms with E-state index in [0.29, 0.717) is 6.42 Å². The summed E-state index contributed by atoms with van der Waals surface area (Å²) >= 11 is 1.63. The summed E-state index contributed by atoms with van der Waals surface area (Å²) in [5, 5.41) is 4.89. The largest absolute Gasteiger partial charge is 0.368 e. The lowest BCUT2D eigenvalue weighted by molar-refractivity contribution is -0.124. The molecule has 1 aromatic heterocycles. The number of carbonyl (C=O) groups excluding carboxylic acids is 1. The fraction of sp³-hybridized carbons (Fsp3) is 0.727. The molecule has 0 aromatic carbocycles. The minimum atomic E-state index is -0.805.